The summed E-state index contributed by atoms with van der Waals surface area (Å²) in [5, 5.41) is 9.55. The van der Waals surface area contributed by atoms with Crippen molar-refractivity contribution in [3.8, 4) is 67.5 Å². The second-order valence-corrected chi connectivity index (χ2v) is 14.8. The molecule has 11 aromatic rings. The Labute approximate surface area is 336 Å². The van der Waals surface area contributed by atoms with E-state index in [1.54, 1.807) is 0 Å². The Balaban J connectivity index is 1.06. The lowest BCUT2D eigenvalue weighted by Crippen LogP contribution is -2.01. The molecule has 0 N–H and O–H groups in total. The maximum Gasteiger partial charge on any atom is 0.164 e. The number of aromatic nitrogens is 3. The molecule has 270 valence electrons. The second-order valence-electron chi connectivity index (χ2n) is 14.8. The molecule has 0 unspecified atom stereocenters. The number of nitrogens with zero attached hydrogens (tertiary/aromatic N) is 3. The van der Waals surface area contributed by atoms with Crippen molar-refractivity contribution in [1.82, 2.24) is 15.0 Å². The van der Waals surface area contributed by atoms with E-state index in [0.717, 1.165) is 44.3 Å². The van der Waals surface area contributed by atoms with Crippen LogP contribution in [0.25, 0.3) is 111 Å². The number of hydrogen-bond donors (Lipinski definition) is 0. The van der Waals surface area contributed by atoms with Crippen molar-refractivity contribution >= 4 is 43.1 Å². The van der Waals surface area contributed by atoms with Gasteiger partial charge in [-0.2, -0.15) is 0 Å². The topological polar surface area (TPSA) is 38.7 Å². The lowest BCUT2D eigenvalue weighted by atomic mass is 9.94. The maximum absolute atomic E-state index is 5.30. The van der Waals surface area contributed by atoms with Crippen LogP contribution in [0.15, 0.2) is 212 Å². The average Bonchev–Trinajstić information content (AvgIpc) is 3.31. The Kier molecular flexibility index (Phi) is 8.15. The highest BCUT2D eigenvalue weighted by Gasteiger charge is 2.18. The maximum atomic E-state index is 5.30. The van der Waals surface area contributed by atoms with Gasteiger partial charge in [0, 0.05) is 16.7 Å². The highest BCUT2D eigenvalue weighted by molar-refractivity contribution is 6.11. The third-order valence-electron chi connectivity index (χ3n) is 11.3. The molecule has 0 amide bonds. The van der Waals surface area contributed by atoms with Crippen LogP contribution >= 0.6 is 0 Å². The zero-order chi connectivity index (χ0) is 38.4. The van der Waals surface area contributed by atoms with Crippen LogP contribution in [-0.2, 0) is 0 Å². The van der Waals surface area contributed by atoms with Gasteiger partial charge in [-0.3, -0.25) is 0 Å². The van der Waals surface area contributed by atoms with Gasteiger partial charge in [0.1, 0.15) is 0 Å². The minimum atomic E-state index is 0.630. The average molecular weight is 738 g/mol. The minimum Gasteiger partial charge on any atom is -0.208 e. The van der Waals surface area contributed by atoms with Gasteiger partial charge in [0.2, 0.25) is 0 Å². The lowest BCUT2D eigenvalue weighted by molar-refractivity contribution is 1.08. The molecule has 0 saturated heterocycles. The summed E-state index contributed by atoms with van der Waals surface area (Å²) >= 11 is 0. The predicted molar refractivity (Wildman–Crippen MR) is 242 cm³/mol. The van der Waals surface area contributed by atoms with E-state index in [-0.39, 0.29) is 0 Å². The summed E-state index contributed by atoms with van der Waals surface area (Å²) in [5.74, 6) is 1.90. The molecule has 0 saturated carbocycles. The van der Waals surface area contributed by atoms with Crippen molar-refractivity contribution in [2.75, 3.05) is 0 Å². The smallest absolute Gasteiger partial charge is 0.164 e. The largest absolute Gasteiger partial charge is 0.208 e. The third-order valence-corrected chi connectivity index (χ3v) is 11.3. The molecule has 3 heteroatoms. The first-order valence-electron chi connectivity index (χ1n) is 19.7. The fourth-order valence-electron chi connectivity index (χ4n) is 8.34. The Morgan fingerprint density at radius 2 is 0.690 bits per heavy atom. The van der Waals surface area contributed by atoms with Crippen LogP contribution in [0.5, 0.6) is 0 Å². The van der Waals surface area contributed by atoms with E-state index in [9.17, 15) is 0 Å². The molecule has 0 aliphatic rings. The van der Waals surface area contributed by atoms with Crippen LogP contribution < -0.4 is 0 Å². The summed E-state index contributed by atoms with van der Waals surface area (Å²) in [4.78, 5) is 15.8. The summed E-state index contributed by atoms with van der Waals surface area (Å²) < 4.78 is 0. The monoisotopic (exact) mass is 737 g/mol. The first-order valence-corrected chi connectivity index (χ1v) is 19.7. The Morgan fingerprint density at radius 1 is 0.207 bits per heavy atom. The quantitative estimate of drug-likeness (QED) is 0.160. The van der Waals surface area contributed by atoms with Crippen molar-refractivity contribution in [2.45, 2.75) is 0 Å². The van der Waals surface area contributed by atoms with E-state index < -0.39 is 0 Å². The molecule has 0 aliphatic heterocycles. The van der Waals surface area contributed by atoms with Gasteiger partial charge in [-0.25, -0.2) is 15.0 Å². The Bertz CT molecular complexity index is 3350. The van der Waals surface area contributed by atoms with Crippen LogP contribution in [0, 0.1) is 0 Å². The number of rotatable bonds is 6. The van der Waals surface area contributed by atoms with Crippen molar-refractivity contribution in [1.29, 1.82) is 0 Å². The fraction of sp³-hybridized carbons (Fsp3) is 0. The Hall–Kier alpha value is -7.75. The predicted octanol–water partition coefficient (Wildman–Crippen LogP) is 14.5. The van der Waals surface area contributed by atoms with E-state index in [4.69, 9.17) is 15.0 Å². The Morgan fingerprint density at radius 3 is 1.50 bits per heavy atom. The van der Waals surface area contributed by atoms with Crippen LogP contribution in [0.2, 0.25) is 0 Å². The van der Waals surface area contributed by atoms with Gasteiger partial charge in [0.15, 0.2) is 17.5 Å². The van der Waals surface area contributed by atoms with Gasteiger partial charge in [-0.05, 0) is 101 Å². The first-order chi connectivity index (χ1) is 28.7. The highest BCUT2D eigenvalue weighted by Crippen LogP contribution is 2.38. The zero-order valence-electron chi connectivity index (χ0n) is 31.5. The summed E-state index contributed by atoms with van der Waals surface area (Å²) in [6, 6.07) is 75.4. The van der Waals surface area contributed by atoms with Crippen molar-refractivity contribution in [3.05, 3.63) is 212 Å². The second kappa shape index (κ2) is 14.1. The zero-order valence-corrected chi connectivity index (χ0v) is 31.5. The van der Waals surface area contributed by atoms with E-state index in [1.807, 2.05) is 6.07 Å². The van der Waals surface area contributed by atoms with Crippen LogP contribution in [0.3, 0.4) is 0 Å². The summed E-state index contributed by atoms with van der Waals surface area (Å²) in [7, 11) is 0. The molecule has 1 aromatic heterocycles. The molecule has 3 nitrogen and oxygen atoms in total. The van der Waals surface area contributed by atoms with Crippen molar-refractivity contribution < 1.29 is 0 Å². The van der Waals surface area contributed by atoms with Crippen LogP contribution in [0.4, 0.5) is 0 Å². The summed E-state index contributed by atoms with van der Waals surface area (Å²) in [6.45, 7) is 0. The van der Waals surface area contributed by atoms with Gasteiger partial charge < -0.3 is 0 Å². The van der Waals surface area contributed by atoms with E-state index in [2.05, 4.69) is 206 Å². The molecule has 58 heavy (non-hydrogen) atoms. The van der Waals surface area contributed by atoms with Gasteiger partial charge in [-0.15, -0.1) is 0 Å². The first kappa shape index (κ1) is 33.6. The van der Waals surface area contributed by atoms with Crippen LogP contribution in [0.1, 0.15) is 0 Å². The summed E-state index contributed by atoms with van der Waals surface area (Å²) in [5.41, 5.74) is 9.69. The standard InChI is InChI=1S/C55H35N3/c1-2-12-36(13-3-1)40-17-10-18-46(35-40)53-56-54(58-55(57-53)52-23-11-22-49-47-19-7-6-15-38(47)30-31-50(49)52)51-21-9-8-20-48(51)45-29-28-43-33-42(26-27-44(43)34-45)41-25-24-37-14-4-5-16-39(37)32-41/h1-35H. The molecule has 0 spiro atoms. The molecule has 11 rings (SSSR count). The molecule has 0 atom stereocenters. The lowest BCUT2D eigenvalue weighted by Gasteiger charge is -2.14. The van der Waals surface area contributed by atoms with Gasteiger partial charge >= 0.3 is 0 Å². The normalized spacial score (nSPS) is 11.4. The third kappa shape index (κ3) is 6.07. The molecule has 0 aliphatic carbocycles. The SMILES string of the molecule is c1ccc(-c2cccc(-c3nc(-c4ccccc4-c4ccc5cc(-c6ccc7ccccc7c6)ccc5c4)nc(-c4cccc5c4ccc4ccccc45)n3)c2)cc1. The molecule has 10 aromatic carbocycles. The molecular weight excluding hydrogens is 703 g/mol. The minimum absolute atomic E-state index is 0.630. The van der Waals surface area contributed by atoms with Crippen molar-refractivity contribution in [2.24, 2.45) is 0 Å². The number of hydrogen-bond acceptors (Lipinski definition) is 3. The molecule has 0 radical (unpaired) electrons. The van der Waals surface area contributed by atoms with E-state index in [0.29, 0.717) is 17.5 Å². The van der Waals surface area contributed by atoms with E-state index in [1.165, 1.54) is 48.8 Å². The number of fused-ring (bicyclic) bond motifs is 5. The van der Waals surface area contributed by atoms with Gasteiger partial charge in [-0.1, -0.05) is 188 Å². The molecular formula is C55H35N3. The van der Waals surface area contributed by atoms with Gasteiger partial charge in [0.25, 0.3) is 0 Å². The molecule has 0 bridgehead atoms. The van der Waals surface area contributed by atoms with E-state index >= 15 is 0 Å². The van der Waals surface area contributed by atoms with Crippen LogP contribution in [-0.4, -0.2) is 15.0 Å². The fourth-order valence-corrected chi connectivity index (χ4v) is 8.34. The highest BCUT2D eigenvalue weighted by atomic mass is 15.0. The molecule has 0 fully saturated rings. The van der Waals surface area contributed by atoms with Crippen molar-refractivity contribution in [3.63, 3.8) is 0 Å². The molecule has 1 heterocycles. The van der Waals surface area contributed by atoms with Gasteiger partial charge in [0.05, 0.1) is 0 Å². The summed E-state index contributed by atoms with van der Waals surface area (Å²) in [6.07, 6.45) is 0. The number of benzene rings is 10.